The van der Waals surface area contributed by atoms with Crippen LogP contribution < -0.4 is 10.1 Å². The lowest BCUT2D eigenvalue weighted by atomic mass is 9.87. The minimum atomic E-state index is -3.70. The van der Waals surface area contributed by atoms with Crippen LogP contribution in [0.4, 0.5) is 0 Å². The van der Waals surface area contributed by atoms with Crippen LogP contribution in [0, 0.1) is 25.7 Å². The van der Waals surface area contributed by atoms with Crippen molar-refractivity contribution in [3.05, 3.63) is 23.3 Å². The smallest absolute Gasteiger partial charge is 0.243 e. The van der Waals surface area contributed by atoms with Gasteiger partial charge >= 0.3 is 0 Å². The normalized spacial score (nSPS) is 23.4. The average Bonchev–Trinajstić information content (AvgIpc) is 3.71. The highest BCUT2D eigenvalue weighted by Gasteiger charge is 2.31. The Morgan fingerprint density at radius 3 is 2.05 bits per heavy atom. The summed E-state index contributed by atoms with van der Waals surface area (Å²) >= 11 is 0. The Morgan fingerprint density at radius 2 is 1.51 bits per heavy atom. The minimum absolute atomic E-state index is 0.0696. The molecule has 0 atom stereocenters. The SMILES string of the molecule is COc1cc(C)c(S(=O)(=O)N(C)CCC(=O)N[C@H]2CC[C@@H](N3CCC(CN(C)CC4CC4)CC3)CC2)c(C)c1. The second-order valence-electron chi connectivity index (χ2n) is 12.4. The summed E-state index contributed by atoms with van der Waals surface area (Å²) in [5, 5.41) is 3.17. The van der Waals surface area contributed by atoms with Crippen molar-refractivity contribution < 1.29 is 17.9 Å². The standard InChI is InChI=1S/C30H50N4O4S/c1-22-18-28(38-5)19-23(2)30(22)39(36,37)33(4)15-14-29(35)31-26-8-10-27(11-9-26)34-16-12-25(13-17-34)21-32(3)20-24-6-7-24/h18-19,24-27H,6-17,20-21H2,1-5H3,(H,31,35)/t26-,27+. The fraction of sp³-hybridized carbons (Fsp3) is 0.767. The maximum atomic E-state index is 13.2. The van der Waals surface area contributed by atoms with Gasteiger partial charge in [-0.15, -0.1) is 0 Å². The van der Waals surface area contributed by atoms with Crippen LogP contribution >= 0.6 is 0 Å². The van der Waals surface area contributed by atoms with Crippen LogP contribution in [0.2, 0.25) is 0 Å². The molecule has 1 saturated heterocycles. The summed E-state index contributed by atoms with van der Waals surface area (Å²) in [6.07, 6.45) is 9.87. The maximum Gasteiger partial charge on any atom is 0.243 e. The number of carbonyl (C=O) groups excluding carboxylic acids is 1. The zero-order valence-corrected chi connectivity index (χ0v) is 25.6. The summed E-state index contributed by atoms with van der Waals surface area (Å²) in [5.74, 6) is 2.37. The number of likely N-dealkylation sites (tertiary alicyclic amines) is 1. The Morgan fingerprint density at radius 1 is 0.949 bits per heavy atom. The molecule has 0 bridgehead atoms. The number of methoxy groups -OCH3 is 1. The molecular weight excluding hydrogens is 512 g/mol. The molecule has 8 nitrogen and oxygen atoms in total. The molecule has 3 fully saturated rings. The number of hydrogen-bond acceptors (Lipinski definition) is 6. The van der Waals surface area contributed by atoms with Crippen LogP contribution in [-0.4, -0.2) is 94.4 Å². The van der Waals surface area contributed by atoms with E-state index in [1.54, 1.807) is 40.1 Å². The van der Waals surface area contributed by atoms with Crippen LogP contribution in [0.25, 0.3) is 0 Å². The summed E-state index contributed by atoms with van der Waals surface area (Å²) in [7, 11) is 1.71. The van der Waals surface area contributed by atoms with Gasteiger partial charge in [0.15, 0.2) is 0 Å². The zero-order valence-electron chi connectivity index (χ0n) is 24.7. The second-order valence-corrected chi connectivity index (χ2v) is 14.4. The predicted octanol–water partition coefficient (Wildman–Crippen LogP) is 3.80. The molecule has 1 aromatic carbocycles. The molecule has 220 valence electrons. The van der Waals surface area contributed by atoms with Crippen LogP contribution in [0.5, 0.6) is 5.75 Å². The monoisotopic (exact) mass is 562 g/mol. The molecule has 1 aromatic rings. The van der Waals surface area contributed by atoms with Gasteiger partial charge in [0.25, 0.3) is 0 Å². The van der Waals surface area contributed by atoms with Gasteiger partial charge in [0, 0.05) is 45.2 Å². The number of ether oxygens (including phenoxy) is 1. The number of piperidine rings is 1. The van der Waals surface area contributed by atoms with Gasteiger partial charge in [0.05, 0.1) is 12.0 Å². The lowest BCUT2D eigenvalue weighted by molar-refractivity contribution is -0.122. The second kappa shape index (κ2) is 13.3. The zero-order chi connectivity index (χ0) is 28.2. The molecule has 1 N–H and O–H groups in total. The van der Waals surface area contributed by atoms with Crippen molar-refractivity contribution in [1.29, 1.82) is 0 Å². The Hall–Kier alpha value is -1.68. The number of carbonyl (C=O) groups is 1. The Labute approximate surface area is 236 Å². The molecule has 0 radical (unpaired) electrons. The number of rotatable bonds is 12. The van der Waals surface area contributed by atoms with E-state index in [9.17, 15) is 13.2 Å². The van der Waals surface area contributed by atoms with Gasteiger partial charge in [-0.05, 0) is 120 Å². The average molecular weight is 563 g/mol. The first-order valence-electron chi connectivity index (χ1n) is 14.9. The third-order valence-electron chi connectivity index (χ3n) is 9.06. The van der Waals surface area contributed by atoms with Crippen LogP contribution in [-0.2, 0) is 14.8 Å². The molecule has 0 unspecified atom stereocenters. The van der Waals surface area contributed by atoms with E-state index in [0.29, 0.717) is 27.8 Å². The Kier molecular flexibility index (Phi) is 10.3. The summed E-state index contributed by atoms with van der Waals surface area (Å²) in [6, 6.07) is 4.28. The first kappa shape index (κ1) is 30.3. The molecule has 39 heavy (non-hydrogen) atoms. The number of aryl methyl sites for hydroxylation is 2. The lowest BCUT2D eigenvalue weighted by Gasteiger charge is -2.41. The molecule has 4 rings (SSSR count). The highest BCUT2D eigenvalue weighted by atomic mass is 32.2. The number of nitrogens with zero attached hydrogens (tertiary/aromatic N) is 3. The summed E-state index contributed by atoms with van der Waals surface area (Å²) < 4.78 is 33.0. The molecule has 2 aliphatic carbocycles. The first-order chi connectivity index (χ1) is 18.6. The van der Waals surface area contributed by atoms with Gasteiger partial charge < -0.3 is 19.9 Å². The van der Waals surface area contributed by atoms with Gasteiger partial charge in [0.1, 0.15) is 5.75 Å². The fourth-order valence-electron chi connectivity index (χ4n) is 6.61. The van der Waals surface area contributed by atoms with E-state index < -0.39 is 10.0 Å². The molecule has 1 amide bonds. The van der Waals surface area contributed by atoms with E-state index >= 15 is 0 Å². The van der Waals surface area contributed by atoms with E-state index in [-0.39, 0.29) is 24.9 Å². The van der Waals surface area contributed by atoms with Gasteiger partial charge in [-0.2, -0.15) is 0 Å². The quantitative estimate of drug-likeness (QED) is 0.417. The van der Waals surface area contributed by atoms with Gasteiger partial charge in [-0.1, -0.05) is 0 Å². The third kappa shape index (κ3) is 8.18. The maximum absolute atomic E-state index is 13.2. The summed E-state index contributed by atoms with van der Waals surface area (Å²) in [4.78, 5) is 18.3. The van der Waals surface area contributed by atoms with Crippen LogP contribution in [0.3, 0.4) is 0 Å². The minimum Gasteiger partial charge on any atom is -0.497 e. The van der Waals surface area contributed by atoms with Gasteiger partial charge in [0.2, 0.25) is 15.9 Å². The predicted molar refractivity (Wildman–Crippen MR) is 156 cm³/mol. The Bertz CT molecular complexity index is 1050. The number of nitrogens with one attached hydrogen (secondary N) is 1. The number of benzene rings is 1. The number of sulfonamides is 1. The van der Waals surface area contributed by atoms with Crippen molar-refractivity contribution in [2.45, 2.75) is 88.6 Å². The fourth-order valence-corrected chi connectivity index (χ4v) is 8.19. The van der Waals surface area contributed by atoms with Crippen molar-refractivity contribution >= 4 is 15.9 Å². The summed E-state index contributed by atoms with van der Waals surface area (Å²) in [6.45, 7) is 8.64. The van der Waals surface area contributed by atoms with Gasteiger partial charge in [-0.25, -0.2) is 12.7 Å². The molecule has 0 aromatic heterocycles. The summed E-state index contributed by atoms with van der Waals surface area (Å²) in [5.41, 5.74) is 1.29. The first-order valence-corrected chi connectivity index (χ1v) is 16.3. The molecule has 1 heterocycles. The van der Waals surface area contributed by atoms with Crippen molar-refractivity contribution in [3.63, 3.8) is 0 Å². The van der Waals surface area contributed by atoms with Crippen LogP contribution in [0.15, 0.2) is 17.0 Å². The van der Waals surface area contributed by atoms with E-state index in [0.717, 1.165) is 37.5 Å². The highest BCUT2D eigenvalue weighted by Crippen LogP contribution is 2.31. The lowest BCUT2D eigenvalue weighted by Crippen LogP contribution is -2.47. The highest BCUT2D eigenvalue weighted by molar-refractivity contribution is 7.89. The largest absolute Gasteiger partial charge is 0.497 e. The molecule has 2 saturated carbocycles. The van der Waals surface area contributed by atoms with E-state index in [1.807, 2.05) is 0 Å². The Balaban J connectivity index is 1.16. The topological polar surface area (TPSA) is 82.2 Å². The van der Waals surface area contributed by atoms with Crippen molar-refractivity contribution in [2.75, 3.05) is 53.9 Å². The van der Waals surface area contributed by atoms with E-state index in [2.05, 4.69) is 22.2 Å². The molecular formula is C30H50N4O4S. The van der Waals surface area contributed by atoms with Crippen LogP contribution in [0.1, 0.15) is 68.9 Å². The molecule has 3 aliphatic rings. The number of amides is 1. The van der Waals surface area contributed by atoms with Crippen molar-refractivity contribution in [1.82, 2.24) is 19.4 Å². The van der Waals surface area contributed by atoms with Gasteiger partial charge in [-0.3, -0.25) is 4.79 Å². The van der Waals surface area contributed by atoms with Crippen molar-refractivity contribution in [2.24, 2.45) is 11.8 Å². The third-order valence-corrected chi connectivity index (χ3v) is 11.2. The molecule has 0 spiro atoms. The van der Waals surface area contributed by atoms with E-state index in [1.165, 1.54) is 56.2 Å². The van der Waals surface area contributed by atoms with Crippen molar-refractivity contribution in [3.8, 4) is 5.75 Å². The molecule has 9 heteroatoms. The molecule has 1 aliphatic heterocycles. The van der Waals surface area contributed by atoms with E-state index in [4.69, 9.17) is 4.74 Å². The number of hydrogen-bond donors (Lipinski definition) is 1.